The van der Waals surface area contributed by atoms with Crippen LogP contribution >= 0.6 is 0 Å². The SMILES string of the molecule is C=CN1CCCC1C(=C)N(C)c1ccc(C#N)c2c1C=CC(C)(C)C2. The third kappa shape index (κ3) is 3.09. The van der Waals surface area contributed by atoms with E-state index in [0.717, 1.165) is 47.5 Å². The summed E-state index contributed by atoms with van der Waals surface area (Å²) in [4.78, 5) is 4.46. The van der Waals surface area contributed by atoms with Crippen molar-refractivity contribution in [1.82, 2.24) is 4.90 Å². The van der Waals surface area contributed by atoms with Crippen molar-refractivity contribution >= 4 is 11.8 Å². The summed E-state index contributed by atoms with van der Waals surface area (Å²) >= 11 is 0. The second-order valence-corrected chi connectivity index (χ2v) is 7.76. The Morgan fingerprint density at radius 2 is 2.20 bits per heavy atom. The zero-order valence-corrected chi connectivity index (χ0v) is 15.5. The Hall–Kier alpha value is -2.47. The van der Waals surface area contributed by atoms with E-state index in [4.69, 9.17) is 0 Å². The summed E-state index contributed by atoms with van der Waals surface area (Å²) in [5.41, 5.74) is 5.38. The van der Waals surface area contributed by atoms with Crippen molar-refractivity contribution in [3.8, 4) is 6.07 Å². The number of nitrogens with zero attached hydrogens (tertiary/aromatic N) is 3. The van der Waals surface area contributed by atoms with Crippen molar-refractivity contribution < 1.29 is 0 Å². The van der Waals surface area contributed by atoms with Crippen molar-refractivity contribution in [3.05, 3.63) is 60.0 Å². The minimum atomic E-state index is 0.0812. The number of fused-ring (bicyclic) bond motifs is 1. The number of likely N-dealkylation sites (tertiary alicyclic amines) is 1. The molecule has 3 nitrogen and oxygen atoms in total. The number of benzene rings is 1. The monoisotopic (exact) mass is 333 g/mol. The molecule has 1 aliphatic carbocycles. The summed E-state index contributed by atoms with van der Waals surface area (Å²) < 4.78 is 0. The first-order valence-electron chi connectivity index (χ1n) is 8.94. The van der Waals surface area contributed by atoms with E-state index in [1.54, 1.807) is 0 Å². The van der Waals surface area contributed by atoms with Gasteiger partial charge in [-0.05, 0) is 48.6 Å². The molecule has 0 amide bonds. The van der Waals surface area contributed by atoms with Crippen LogP contribution in [0.5, 0.6) is 0 Å². The minimum Gasteiger partial charge on any atom is -0.370 e. The molecule has 1 unspecified atom stereocenters. The van der Waals surface area contributed by atoms with Crippen LogP contribution in [0.4, 0.5) is 5.69 Å². The molecule has 1 heterocycles. The van der Waals surface area contributed by atoms with Gasteiger partial charge < -0.3 is 9.80 Å². The van der Waals surface area contributed by atoms with Crippen LogP contribution in [0, 0.1) is 16.7 Å². The fraction of sp³-hybridized carbons (Fsp3) is 0.409. The first-order valence-corrected chi connectivity index (χ1v) is 8.94. The second kappa shape index (κ2) is 6.44. The number of hydrogen-bond acceptors (Lipinski definition) is 3. The highest BCUT2D eigenvalue weighted by Gasteiger charge is 2.29. The molecule has 2 aliphatic rings. The lowest BCUT2D eigenvalue weighted by molar-refractivity contribution is 0.385. The Kier molecular flexibility index (Phi) is 4.47. The first kappa shape index (κ1) is 17.4. The summed E-state index contributed by atoms with van der Waals surface area (Å²) in [6.45, 7) is 13.8. The van der Waals surface area contributed by atoms with Crippen molar-refractivity contribution in [3.63, 3.8) is 0 Å². The maximum atomic E-state index is 9.52. The van der Waals surface area contributed by atoms with Crippen molar-refractivity contribution in [2.45, 2.75) is 39.2 Å². The van der Waals surface area contributed by atoms with Gasteiger partial charge in [0.1, 0.15) is 0 Å². The third-order valence-corrected chi connectivity index (χ3v) is 5.49. The molecule has 1 aromatic carbocycles. The molecule has 25 heavy (non-hydrogen) atoms. The Bertz CT molecular complexity index is 779. The Balaban J connectivity index is 1.99. The maximum Gasteiger partial charge on any atom is 0.0994 e. The average molecular weight is 333 g/mol. The predicted molar refractivity (Wildman–Crippen MR) is 105 cm³/mol. The van der Waals surface area contributed by atoms with Gasteiger partial charge in [-0.15, -0.1) is 0 Å². The average Bonchev–Trinajstić information content (AvgIpc) is 3.07. The lowest BCUT2D eigenvalue weighted by Gasteiger charge is -2.34. The second-order valence-electron chi connectivity index (χ2n) is 7.76. The molecule has 1 saturated heterocycles. The standard InChI is InChI=1S/C22H27N3/c1-6-25-13-7-8-20(25)16(2)24(5)21-10-9-17(15-23)19-14-22(3,4)12-11-18(19)21/h6,9-12,20H,1-2,7-8,13-14H2,3-5H3. The molecule has 1 fully saturated rings. The molecule has 0 saturated carbocycles. The van der Waals surface area contributed by atoms with Crippen molar-refractivity contribution in [2.75, 3.05) is 18.5 Å². The number of rotatable bonds is 4. The summed E-state index contributed by atoms with van der Waals surface area (Å²) in [5.74, 6) is 0. The van der Waals surface area contributed by atoms with Gasteiger partial charge in [0.15, 0.2) is 0 Å². The van der Waals surface area contributed by atoms with Crippen LogP contribution in [0.15, 0.2) is 43.3 Å². The van der Waals surface area contributed by atoms with Crippen LogP contribution in [0.3, 0.4) is 0 Å². The largest absolute Gasteiger partial charge is 0.370 e. The maximum absolute atomic E-state index is 9.52. The van der Waals surface area contributed by atoms with Gasteiger partial charge in [-0.2, -0.15) is 5.26 Å². The van der Waals surface area contributed by atoms with E-state index in [0.29, 0.717) is 6.04 Å². The van der Waals surface area contributed by atoms with Crippen LogP contribution in [0.25, 0.3) is 6.08 Å². The summed E-state index contributed by atoms with van der Waals surface area (Å²) in [6, 6.07) is 6.67. The fourth-order valence-electron chi connectivity index (χ4n) is 3.99. The normalized spacial score (nSPS) is 20.7. The van der Waals surface area contributed by atoms with Gasteiger partial charge in [-0.25, -0.2) is 0 Å². The Morgan fingerprint density at radius 1 is 1.44 bits per heavy atom. The molecular weight excluding hydrogens is 306 g/mol. The lowest BCUT2D eigenvalue weighted by atomic mass is 9.77. The number of likely N-dealkylation sites (N-methyl/N-ethyl adjacent to an activating group) is 1. The van der Waals surface area contributed by atoms with Gasteiger partial charge in [0.05, 0.1) is 17.7 Å². The Morgan fingerprint density at radius 3 is 2.88 bits per heavy atom. The highest BCUT2D eigenvalue weighted by molar-refractivity contribution is 5.76. The van der Waals surface area contributed by atoms with E-state index < -0.39 is 0 Å². The van der Waals surface area contributed by atoms with E-state index in [1.807, 2.05) is 12.3 Å². The number of nitriles is 1. The van der Waals surface area contributed by atoms with Crippen LogP contribution in [-0.2, 0) is 6.42 Å². The van der Waals surface area contributed by atoms with Crippen LogP contribution in [0.2, 0.25) is 0 Å². The van der Waals surface area contributed by atoms with E-state index in [9.17, 15) is 5.26 Å². The molecule has 3 heteroatoms. The van der Waals surface area contributed by atoms with Gasteiger partial charge in [0, 0.05) is 30.5 Å². The summed E-state index contributed by atoms with van der Waals surface area (Å²) in [6.07, 6.45) is 9.52. The number of anilines is 1. The highest BCUT2D eigenvalue weighted by atomic mass is 15.2. The fourth-order valence-corrected chi connectivity index (χ4v) is 3.99. The molecule has 0 bridgehead atoms. The minimum absolute atomic E-state index is 0.0812. The Labute approximate surface area is 151 Å². The van der Waals surface area contributed by atoms with Gasteiger partial charge in [-0.3, -0.25) is 0 Å². The van der Waals surface area contributed by atoms with Crippen LogP contribution in [0.1, 0.15) is 43.4 Å². The first-order chi connectivity index (χ1) is 11.9. The van der Waals surface area contributed by atoms with Gasteiger partial charge >= 0.3 is 0 Å². The third-order valence-electron chi connectivity index (χ3n) is 5.49. The number of hydrogen-bond donors (Lipinski definition) is 0. The molecule has 0 spiro atoms. The molecular formula is C22H27N3. The van der Waals surface area contributed by atoms with Crippen molar-refractivity contribution in [2.24, 2.45) is 5.41 Å². The smallest absolute Gasteiger partial charge is 0.0994 e. The molecule has 0 N–H and O–H groups in total. The summed E-state index contributed by atoms with van der Waals surface area (Å²) in [5, 5.41) is 9.52. The van der Waals surface area contributed by atoms with Crippen LogP contribution < -0.4 is 4.90 Å². The molecule has 0 radical (unpaired) electrons. The molecule has 3 rings (SSSR count). The molecule has 1 aliphatic heterocycles. The quantitative estimate of drug-likeness (QED) is 0.799. The van der Waals surface area contributed by atoms with E-state index in [2.05, 4.69) is 68.1 Å². The zero-order valence-electron chi connectivity index (χ0n) is 15.5. The zero-order chi connectivity index (χ0) is 18.2. The molecule has 1 atom stereocenters. The number of allylic oxidation sites excluding steroid dienone is 1. The molecule has 0 aromatic heterocycles. The van der Waals surface area contributed by atoms with E-state index in [-0.39, 0.29) is 5.41 Å². The van der Waals surface area contributed by atoms with Gasteiger partial charge in [-0.1, -0.05) is 39.2 Å². The summed E-state index contributed by atoms with van der Waals surface area (Å²) in [7, 11) is 2.08. The van der Waals surface area contributed by atoms with Gasteiger partial charge in [0.25, 0.3) is 0 Å². The van der Waals surface area contributed by atoms with Crippen LogP contribution in [-0.4, -0.2) is 24.5 Å². The predicted octanol–water partition coefficient (Wildman–Crippen LogP) is 4.71. The van der Waals surface area contributed by atoms with E-state index in [1.165, 1.54) is 6.42 Å². The molecule has 130 valence electrons. The van der Waals surface area contributed by atoms with E-state index >= 15 is 0 Å². The molecule has 1 aromatic rings. The van der Waals surface area contributed by atoms with Gasteiger partial charge in [0.2, 0.25) is 0 Å². The topological polar surface area (TPSA) is 30.3 Å². The lowest BCUT2D eigenvalue weighted by Crippen LogP contribution is -2.34. The van der Waals surface area contributed by atoms with Crippen molar-refractivity contribution in [1.29, 1.82) is 5.26 Å². The highest BCUT2D eigenvalue weighted by Crippen LogP contribution is 2.39.